The van der Waals surface area contributed by atoms with Gasteiger partial charge in [-0.2, -0.15) is 0 Å². The molecular weight excluding hydrogens is 394 g/mol. The molecule has 1 aromatic carbocycles. The average molecular weight is 402 g/mol. The molecule has 0 bridgehead atoms. The van der Waals surface area contributed by atoms with E-state index in [1.807, 2.05) is 0 Å². The lowest BCUT2D eigenvalue weighted by Gasteiger charge is -2.19. The van der Waals surface area contributed by atoms with Gasteiger partial charge >= 0.3 is 0 Å². The van der Waals surface area contributed by atoms with Gasteiger partial charge < -0.3 is 9.84 Å². The fraction of sp³-hybridized carbons (Fsp3) is 0.333. The first kappa shape index (κ1) is 9.97. The Bertz CT molecular complexity index is 350. The van der Waals surface area contributed by atoms with E-state index >= 15 is 0 Å². The van der Waals surface area contributed by atoms with Crippen LogP contribution in [-0.4, -0.2) is 11.7 Å². The Morgan fingerprint density at radius 3 is 2.92 bits per heavy atom. The van der Waals surface area contributed by atoms with E-state index in [-0.39, 0.29) is 0 Å². The van der Waals surface area contributed by atoms with Gasteiger partial charge in [0.05, 0.1) is 20.4 Å². The Balaban J connectivity index is 2.60. The van der Waals surface area contributed by atoms with Crippen LogP contribution in [0.2, 0.25) is 0 Å². The summed E-state index contributed by atoms with van der Waals surface area (Å²) in [7, 11) is 0. The van der Waals surface area contributed by atoms with Gasteiger partial charge in [0, 0.05) is 0 Å². The molecular formula is C9H8I2O2. The minimum atomic E-state index is 0.394. The Kier molecular flexibility index (Phi) is 2.99. The van der Waals surface area contributed by atoms with Crippen molar-refractivity contribution in [2.45, 2.75) is 13.0 Å². The maximum Gasteiger partial charge on any atom is 0.142 e. The predicted molar refractivity (Wildman–Crippen MR) is 66.9 cm³/mol. The lowest BCUT2D eigenvalue weighted by atomic mass is 10.0. The molecule has 1 heterocycles. The zero-order chi connectivity index (χ0) is 9.42. The summed E-state index contributed by atoms with van der Waals surface area (Å²) >= 11 is 4.34. The highest BCUT2D eigenvalue weighted by Gasteiger charge is 2.17. The normalized spacial score (nSPS) is 15.5. The predicted octanol–water partition coefficient (Wildman–Crippen LogP) is 2.67. The molecule has 4 heteroatoms. The topological polar surface area (TPSA) is 29.5 Å². The summed E-state index contributed by atoms with van der Waals surface area (Å²) < 4.78 is 7.23. The van der Waals surface area contributed by atoms with Crippen LogP contribution in [0.15, 0.2) is 6.07 Å². The maximum absolute atomic E-state index is 9.69. The minimum absolute atomic E-state index is 0.394. The van der Waals surface area contributed by atoms with Crippen LogP contribution in [0.4, 0.5) is 0 Å². The Morgan fingerprint density at radius 1 is 1.38 bits per heavy atom. The lowest BCUT2D eigenvalue weighted by molar-refractivity contribution is 0.110. The van der Waals surface area contributed by atoms with Crippen molar-refractivity contribution in [2.75, 3.05) is 6.61 Å². The first-order chi connectivity index (χ1) is 6.20. The molecule has 1 aliphatic rings. The van der Waals surface area contributed by atoms with Crippen LogP contribution in [0.1, 0.15) is 11.1 Å². The highest BCUT2D eigenvalue weighted by molar-refractivity contribution is 14.1. The SMILES string of the molecule is Oc1c(I)cc2c(c1I)COCC2. The molecule has 1 N–H and O–H groups in total. The van der Waals surface area contributed by atoms with Gasteiger partial charge in [-0.15, -0.1) is 0 Å². The number of hydrogen-bond acceptors (Lipinski definition) is 2. The third kappa shape index (κ3) is 1.80. The van der Waals surface area contributed by atoms with E-state index in [1.165, 1.54) is 5.56 Å². The highest BCUT2D eigenvalue weighted by atomic mass is 127. The number of phenols is 1. The van der Waals surface area contributed by atoms with Gasteiger partial charge in [0.1, 0.15) is 5.75 Å². The summed E-state index contributed by atoms with van der Waals surface area (Å²) in [6.07, 6.45) is 0.960. The van der Waals surface area contributed by atoms with Crippen molar-refractivity contribution in [1.29, 1.82) is 0 Å². The van der Waals surface area contributed by atoms with E-state index in [0.717, 1.165) is 25.7 Å². The molecule has 2 rings (SSSR count). The van der Waals surface area contributed by atoms with E-state index in [1.54, 1.807) is 0 Å². The van der Waals surface area contributed by atoms with Gasteiger partial charge in [0.15, 0.2) is 0 Å². The van der Waals surface area contributed by atoms with Crippen molar-refractivity contribution in [3.63, 3.8) is 0 Å². The molecule has 0 unspecified atom stereocenters. The van der Waals surface area contributed by atoms with E-state index in [2.05, 4.69) is 51.2 Å². The standard InChI is InChI=1S/C9H8I2O2/c10-7-3-5-1-2-13-4-6(5)8(11)9(7)12/h3,12H,1-2,4H2. The van der Waals surface area contributed by atoms with Crippen molar-refractivity contribution in [3.05, 3.63) is 24.3 Å². The van der Waals surface area contributed by atoms with Gasteiger partial charge in [0.2, 0.25) is 0 Å². The molecule has 1 aromatic rings. The maximum atomic E-state index is 9.69. The van der Waals surface area contributed by atoms with E-state index in [9.17, 15) is 5.11 Å². The average Bonchev–Trinajstić information content (AvgIpc) is 2.15. The summed E-state index contributed by atoms with van der Waals surface area (Å²) in [5.41, 5.74) is 2.47. The summed E-state index contributed by atoms with van der Waals surface area (Å²) in [5, 5.41) is 9.69. The molecule has 0 amide bonds. The molecule has 0 aliphatic carbocycles. The highest BCUT2D eigenvalue weighted by Crippen LogP contribution is 2.33. The van der Waals surface area contributed by atoms with Crippen molar-refractivity contribution in [3.8, 4) is 5.75 Å². The van der Waals surface area contributed by atoms with E-state index < -0.39 is 0 Å². The van der Waals surface area contributed by atoms with Gasteiger partial charge in [-0.1, -0.05) is 0 Å². The Hall–Kier alpha value is 0.440. The smallest absolute Gasteiger partial charge is 0.142 e. The van der Waals surface area contributed by atoms with Crippen molar-refractivity contribution < 1.29 is 9.84 Å². The zero-order valence-electron chi connectivity index (χ0n) is 6.81. The number of ether oxygens (including phenoxy) is 1. The van der Waals surface area contributed by atoms with Gasteiger partial charge in [-0.25, -0.2) is 0 Å². The van der Waals surface area contributed by atoms with Crippen molar-refractivity contribution in [1.82, 2.24) is 0 Å². The van der Waals surface area contributed by atoms with E-state index in [4.69, 9.17) is 4.74 Å². The molecule has 70 valence electrons. The third-order valence-corrected chi connectivity index (χ3v) is 4.13. The second-order valence-electron chi connectivity index (χ2n) is 2.96. The monoisotopic (exact) mass is 402 g/mol. The van der Waals surface area contributed by atoms with Crippen LogP contribution in [0.5, 0.6) is 5.75 Å². The molecule has 0 atom stereocenters. The summed E-state index contributed by atoms with van der Waals surface area (Å²) in [4.78, 5) is 0. The molecule has 2 nitrogen and oxygen atoms in total. The number of hydrogen-bond donors (Lipinski definition) is 1. The molecule has 0 spiro atoms. The van der Waals surface area contributed by atoms with Gasteiger partial charge in [-0.3, -0.25) is 0 Å². The second kappa shape index (κ2) is 3.90. The Morgan fingerprint density at radius 2 is 2.15 bits per heavy atom. The molecule has 0 aromatic heterocycles. The number of halogens is 2. The largest absolute Gasteiger partial charge is 0.506 e. The number of fused-ring (bicyclic) bond motifs is 1. The number of aromatic hydroxyl groups is 1. The first-order valence-electron chi connectivity index (χ1n) is 3.96. The molecule has 1 aliphatic heterocycles. The molecule has 0 saturated heterocycles. The summed E-state index contributed by atoms with van der Waals surface area (Å²) in [6, 6.07) is 2.05. The lowest BCUT2D eigenvalue weighted by Crippen LogP contribution is -2.11. The van der Waals surface area contributed by atoms with Crippen molar-refractivity contribution >= 4 is 45.2 Å². The minimum Gasteiger partial charge on any atom is -0.506 e. The van der Waals surface area contributed by atoms with Crippen LogP contribution in [-0.2, 0) is 17.8 Å². The molecule has 13 heavy (non-hydrogen) atoms. The Labute approximate surface area is 104 Å². The fourth-order valence-corrected chi connectivity index (χ4v) is 3.39. The molecule has 0 radical (unpaired) electrons. The second-order valence-corrected chi connectivity index (χ2v) is 5.20. The van der Waals surface area contributed by atoms with Crippen LogP contribution in [0, 0.1) is 7.14 Å². The van der Waals surface area contributed by atoms with Crippen LogP contribution < -0.4 is 0 Å². The van der Waals surface area contributed by atoms with Crippen LogP contribution in [0.3, 0.4) is 0 Å². The van der Waals surface area contributed by atoms with Gasteiger partial charge in [0.25, 0.3) is 0 Å². The quantitative estimate of drug-likeness (QED) is 0.677. The number of rotatable bonds is 0. The first-order valence-corrected chi connectivity index (χ1v) is 6.12. The van der Waals surface area contributed by atoms with Crippen molar-refractivity contribution in [2.24, 2.45) is 0 Å². The number of phenolic OH excluding ortho intramolecular Hbond substituents is 1. The molecule has 0 saturated carbocycles. The third-order valence-electron chi connectivity index (χ3n) is 2.15. The van der Waals surface area contributed by atoms with Crippen LogP contribution >= 0.6 is 45.2 Å². The van der Waals surface area contributed by atoms with Gasteiger partial charge in [-0.05, 0) is 68.8 Å². The van der Waals surface area contributed by atoms with Crippen LogP contribution in [0.25, 0.3) is 0 Å². The summed E-state index contributed by atoms with van der Waals surface area (Å²) in [6.45, 7) is 1.43. The van der Waals surface area contributed by atoms with E-state index in [0.29, 0.717) is 12.4 Å². The number of benzene rings is 1. The molecule has 0 fully saturated rings. The zero-order valence-corrected chi connectivity index (χ0v) is 11.1. The summed E-state index contributed by atoms with van der Waals surface area (Å²) in [5.74, 6) is 0.394. The fourth-order valence-electron chi connectivity index (χ4n) is 1.43.